The van der Waals surface area contributed by atoms with E-state index in [0.717, 1.165) is 25.2 Å². The van der Waals surface area contributed by atoms with Crippen molar-refractivity contribution in [2.45, 2.75) is 6.18 Å². The van der Waals surface area contributed by atoms with Crippen molar-refractivity contribution in [3.05, 3.63) is 56.7 Å². The van der Waals surface area contributed by atoms with Crippen LogP contribution in [0, 0.1) is 5.82 Å². The third-order valence-electron chi connectivity index (χ3n) is 3.10. The van der Waals surface area contributed by atoms with Crippen LogP contribution in [0.2, 0.25) is 5.02 Å². The molecule has 22 heavy (non-hydrogen) atoms. The number of hydrogen-bond donors (Lipinski definition) is 0. The van der Waals surface area contributed by atoms with Gasteiger partial charge in [-0.3, -0.25) is 9.59 Å². The molecule has 0 N–H and O–H groups in total. The normalized spacial score (nSPS) is 11.5. The molecule has 0 saturated carbocycles. The molecule has 0 unspecified atom stereocenters. The standard InChI is InChI=1S/C14H8ClF4NO2/c1-20-12(14(17,18)19)3-2-8(13(20)22)9-4-7(6-21)10(15)5-11(9)16/h2-6H,1H3. The Morgan fingerprint density at radius 3 is 2.36 bits per heavy atom. The number of aromatic nitrogens is 1. The summed E-state index contributed by atoms with van der Waals surface area (Å²) in [7, 11) is 0.934. The summed E-state index contributed by atoms with van der Waals surface area (Å²) in [5, 5.41) is -0.153. The van der Waals surface area contributed by atoms with Gasteiger partial charge < -0.3 is 4.57 Å². The smallest absolute Gasteiger partial charge is 0.307 e. The van der Waals surface area contributed by atoms with Crippen molar-refractivity contribution in [3.63, 3.8) is 0 Å². The number of nitrogens with zero attached hydrogens (tertiary/aromatic N) is 1. The van der Waals surface area contributed by atoms with Crippen LogP contribution in [-0.2, 0) is 13.2 Å². The number of aldehydes is 1. The van der Waals surface area contributed by atoms with E-state index in [9.17, 15) is 27.2 Å². The predicted molar refractivity (Wildman–Crippen MR) is 72.5 cm³/mol. The second-order valence-corrected chi connectivity index (χ2v) is 4.87. The molecule has 0 atom stereocenters. The highest BCUT2D eigenvalue weighted by atomic mass is 35.5. The van der Waals surface area contributed by atoms with E-state index in [4.69, 9.17) is 11.6 Å². The Kier molecular flexibility index (Phi) is 4.10. The summed E-state index contributed by atoms with van der Waals surface area (Å²) in [5.41, 5.74) is -2.85. The van der Waals surface area contributed by atoms with E-state index in [2.05, 4.69) is 0 Å². The summed E-state index contributed by atoms with van der Waals surface area (Å²) in [6, 6.07) is 3.39. The van der Waals surface area contributed by atoms with Gasteiger partial charge in [-0.25, -0.2) is 4.39 Å². The van der Waals surface area contributed by atoms with Crippen LogP contribution in [0.1, 0.15) is 16.1 Å². The lowest BCUT2D eigenvalue weighted by Crippen LogP contribution is -2.26. The van der Waals surface area contributed by atoms with Gasteiger partial charge in [-0.1, -0.05) is 11.6 Å². The highest BCUT2D eigenvalue weighted by molar-refractivity contribution is 6.33. The summed E-state index contributed by atoms with van der Waals surface area (Å²) in [5.74, 6) is -0.910. The van der Waals surface area contributed by atoms with Crippen LogP contribution in [0.4, 0.5) is 17.6 Å². The second kappa shape index (κ2) is 5.57. The molecule has 2 aromatic rings. The average Bonchev–Trinajstić information content (AvgIpc) is 2.41. The molecule has 116 valence electrons. The Morgan fingerprint density at radius 1 is 1.18 bits per heavy atom. The molecule has 0 saturated heterocycles. The summed E-state index contributed by atoms with van der Waals surface area (Å²) in [6.45, 7) is 0. The van der Waals surface area contributed by atoms with Crippen molar-refractivity contribution >= 4 is 17.9 Å². The molecule has 0 aliphatic heterocycles. The van der Waals surface area contributed by atoms with Crippen LogP contribution in [0.3, 0.4) is 0 Å². The topological polar surface area (TPSA) is 39.1 Å². The molecule has 0 bridgehead atoms. The summed E-state index contributed by atoms with van der Waals surface area (Å²) in [6.07, 6.45) is -4.35. The number of halogens is 5. The van der Waals surface area contributed by atoms with E-state index in [0.29, 0.717) is 16.9 Å². The Hall–Kier alpha value is -2.15. The number of carbonyl (C=O) groups is 1. The lowest BCUT2D eigenvalue weighted by molar-refractivity contribution is -0.143. The van der Waals surface area contributed by atoms with Gasteiger partial charge >= 0.3 is 6.18 Å². The van der Waals surface area contributed by atoms with Gasteiger partial charge in [-0.05, 0) is 24.3 Å². The number of hydrogen-bond acceptors (Lipinski definition) is 2. The van der Waals surface area contributed by atoms with E-state index >= 15 is 0 Å². The minimum atomic E-state index is -4.71. The van der Waals surface area contributed by atoms with Crippen molar-refractivity contribution in [1.29, 1.82) is 0 Å². The molecule has 0 spiro atoms. The van der Waals surface area contributed by atoms with Gasteiger partial charge in [0.2, 0.25) is 0 Å². The summed E-state index contributed by atoms with van der Waals surface area (Å²) in [4.78, 5) is 22.9. The first kappa shape index (κ1) is 16.2. The van der Waals surface area contributed by atoms with E-state index in [-0.39, 0.29) is 21.7 Å². The lowest BCUT2D eigenvalue weighted by Gasteiger charge is -2.13. The van der Waals surface area contributed by atoms with Crippen LogP contribution >= 0.6 is 11.6 Å². The Balaban J connectivity index is 2.73. The van der Waals surface area contributed by atoms with E-state index < -0.39 is 23.2 Å². The minimum Gasteiger partial charge on any atom is -0.307 e. The fourth-order valence-corrected chi connectivity index (χ4v) is 2.18. The van der Waals surface area contributed by atoms with Gasteiger partial charge in [0.05, 0.1) is 10.6 Å². The molecule has 0 aliphatic rings. The van der Waals surface area contributed by atoms with Gasteiger partial charge in [0.15, 0.2) is 6.29 Å². The average molecular weight is 334 g/mol. The molecular formula is C14H8ClF4NO2. The molecule has 0 fully saturated rings. The number of benzene rings is 1. The van der Waals surface area contributed by atoms with E-state index in [1.54, 1.807) is 0 Å². The molecule has 1 aromatic carbocycles. The highest BCUT2D eigenvalue weighted by Crippen LogP contribution is 2.30. The van der Waals surface area contributed by atoms with Crippen molar-refractivity contribution in [2.75, 3.05) is 0 Å². The van der Waals surface area contributed by atoms with E-state index in [1.807, 2.05) is 0 Å². The van der Waals surface area contributed by atoms with Gasteiger partial charge in [0.25, 0.3) is 5.56 Å². The molecule has 1 heterocycles. The maximum Gasteiger partial charge on any atom is 0.431 e. The number of rotatable bonds is 2. The first-order valence-electron chi connectivity index (χ1n) is 5.88. The molecule has 0 aliphatic carbocycles. The molecule has 2 rings (SSSR count). The maximum atomic E-state index is 13.9. The van der Waals surface area contributed by atoms with Gasteiger partial charge in [-0.15, -0.1) is 0 Å². The van der Waals surface area contributed by atoms with Crippen molar-refractivity contribution < 1.29 is 22.4 Å². The molecule has 0 radical (unpaired) electrons. The number of alkyl halides is 3. The van der Waals surface area contributed by atoms with Crippen molar-refractivity contribution in [3.8, 4) is 11.1 Å². The lowest BCUT2D eigenvalue weighted by atomic mass is 10.0. The van der Waals surface area contributed by atoms with Gasteiger partial charge in [0.1, 0.15) is 11.5 Å². The van der Waals surface area contributed by atoms with E-state index in [1.165, 1.54) is 0 Å². The first-order valence-corrected chi connectivity index (χ1v) is 6.26. The number of carbonyl (C=O) groups excluding carboxylic acids is 1. The van der Waals surface area contributed by atoms with Crippen LogP contribution in [0.15, 0.2) is 29.1 Å². The second-order valence-electron chi connectivity index (χ2n) is 4.47. The van der Waals surface area contributed by atoms with Crippen molar-refractivity contribution in [1.82, 2.24) is 4.57 Å². The zero-order valence-electron chi connectivity index (χ0n) is 11.0. The highest BCUT2D eigenvalue weighted by Gasteiger charge is 2.34. The molecule has 8 heteroatoms. The fourth-order valence-electron chi connectivity index (χ4n) is 1.99. The van der Waals surface area contributed by atoms with Gasteiger partial charge in [0, 0.05) is 18.2 Å². The largest absolute Gasteiger partial charge is 0.431 e. The Bertz CT molecular complexity index is 812. The van der Waals surface area contributed by atoms with Crippen LogP contribution in [-0.4, -0.2) is 10.9 Å². The third kappa shape index (κ3) is 2.76. The van der Waals surface area contributed by atoms with Crippen LogP contribution in [0.25, 0.3) is 11.1 Å². The molecule has 1 aromatic heterocycles. The summed E-state index contributed by atoms with van der Waals surface area (Å²) >= 11 is 5.64. The molecule has 3 nitrogen and oxygen atoms in total. The first-order chi connectivity index (χ1) is 10.2. The Morgan fingerprint density at radius 2 is 1.82 bits per heavy atom. The van der Waals surface area contributed by atoms with Crippen molar-refractivity contribution in [2.24, 2.45) is 7.05 Å². The minimum absolute atomic E-state index is 0.0694. The van der Waals surface area contributed by atoms with Gasteiger partial charge in [-0.2, -0.15) is 13.2 Å². The van der Waals surface area contributed by atoms with Crippen LogP contribution < -0.4 is 5.56 Å². The SMILES string of the molecule is Cn1c(C(F)(F)F)ccc(-c2cc(C=O)c(Cl)cc2F)c1=O. The fraction of sp³-hybridized carbons (Fsp3) is 0.143. The molecule has 0 amide bonds. The maximum absolute atomic E-state index is 13.9. The zero-order valence-corrected chi connectivity index (χ0v) is 11.8. The third-order valence-corrected chi connectivity index (χ3v) is 3.43. The molecular weight excluding hydrogens is 326 g/mol. The van der Waals surface area contributed by atoms with Crippen LogP contribution in [0.5, 0.6) is 0 Å². The monoisotopic (exact) mass is 333 g/mol. The number of pyridine rings is 1. The Labute approximate surface area is 126 Å². The predicted octanol–water partition coefficient (Wildman–Crippen LogP) is 3.68. The summed E-state index contributed by atoms with van der Waals surface area (Å²) < 4.78 is 52.5. The quantitative estimate of drug-likeness (QED) is 0.621. The zero-order chi connectivity index (χ0) is 16.7.